The summed E-state index contributed by atoms with van der Waals surface area (Å²) in [5, 5.41) is 0. The number of benzene rings is 1. The summed E-state index contributed by atoms with van der Waals surface area (Å²) in [4.78, 5) is 29.7. The van der Waals surface area contributed by atoms with Crippen molar-refractivity contribution in [2.75, 3.05) is 19.7 Å². The second-order valence-corrected chi connectivity index (χ2v) is 5.65. The normalized spacial score (nSPS) is 23.5. The number of likely N-dealkylation sites (tertiary alicyclic amines) is 1. The lowest BCUT2D eigenvalue weighted by Gasteiger charge is -2.17. The van der Waals surface area contributed by atoms with Crippen LogP contribution in [0.5, 0.6) is 0 Å². The average Bonchev–Trinajstić information content (AvgIpc) is 3.26. The van der Waals surface area contributed by atoms with Gasteiger partial charge in [0.1, 0.15) is 0 Å². The minimum atomic E-state index is -0.180. The van der Waals surface area contributed by atoms with Gasteiger partial charge in [0.05, 0.1) is 18.7 Å². The number of cyclic esters (lactones) is 1. The Morgan fingerprint density at radius 3 is 2.73 bits per heavy atom. The first kappa shape index (κ1) is 13.1. The van der Waals surface area contributed by atoms with E-state index in [1.54, 1.807) is 23.2 Å². The molecule has 1 aromatic heterocycles. The van der Waals surface area contributed by atoms with E-state index < -0.39 is 0 Å². The Bertz CT molecular complexity index is 708. The van der Waals surface area contributed by atoms with E-state index in [-0.39, 0.29) is 23.7 Å². The number of ether oxygens (including phenoxy) is 1. The average molecular weight is 298 g/mol. The fraction of sp³-hybridized carbons (Fsp3) is 0.312. The summed E-state index contributed by atoms with van der Waals surface area (Å²) >= 11 is 0. The second kappa shape index (κ2) is 4.98. The molecule has 0 aliphatic carbocycles. The molecule has 1 aromatic carbocycles. The van der Waals surface area contributed by atoms with Gasteiger partial charge in [-0.1, -0.05) is 12.1 Å². The standard InChI is InChI=1S/C16H14N2O4/c19-15(18-6-12-8-21-16(20)13(12)7-18)11-3-1-10(2-4-11)14-5-17-9-22-14/h1-5,9,12-13H,6-8H2/t12-,13-/m1/s1. The van der Waals surface area contributed by atoms with Gasteiger partial charge in [-0.15, -0.1) is 0 Å². The van der Waals surface area contributed by atoms with Gasteiger partial charge in [0.15, 0.2) is 12.2 Å². The van der Waals surface area contributed by atoms with Crippen LogP contribution < -0.4 is 0 Å². The van der Waals surface area contributed by atoms with Gasteiger partial charge in [-0.3, -0.25) is 9.59 Å². The van der Waals surface area contributed by atoms with Crippen LogP contribution in [0.2, 0.25) is 0 Å². The first-order valence-electron chi connectivity index (χ1n) is 7.17. The van der Waals surface area contributed by atoms with Crippen molar-refractivity contribution < 1.29 is 18.7 Å². The number of carbonyl (C=O) groups is 2. The lowest BCUT2D eigenvalue weighted by atomic mass is 10.0. The van der Waals surface area contributed by atoms with Crippen molar-refractivity contribution >= 4 is 11.9 Å². The molecule has 0 saturated carbocycles. The summed E-state index contributed by atoms with van der Waals surface area (Å²) < 4.78 is 10.2. The van der Waals surface area contributed by atoms with E-state index in [2.05, 4.69) is 4.98 Å². The van der Waals surface area contributed by atoms with Crippen molar-refractivity contribution in [3.63, 3.8) is 0 Å². The fourth-order valence-electron chi connectivity index (χ4n) is 3.09. The van der Waals surface area contributed by atoms with E-state index in [4.69, 9.17) is 9.15 Å². The summed E-state index contributed by atoms with van der Waals surface area (Å²) in [5.74, 6) is 0.423. The zero-order valence-electron chi connectivity index (χ0n) is 11.8. The Morgan fingerprint density at radius 1 is 1.23 bits per heavy atom. The molecule has 2 aliphatic rings. The molecule has 0 unspecified atom stereocenters. The number of hydrogen-bond acceptors (Lipinski definition) is 5. The lowest BCUT2D eigenvalue weighted by molar-refractivity contribution is -0.141. The maximum Gasteiger partial charge on any atom is 0.311 e. The van der Waals surface area contributed by atoms with Crippen LogP contribution >= 0.6 is 0 Å². The van der Waals surface area contributed by atoms with Crippen LogP contribution in [0.1, 0.15) is 10.4 Å². The van der Waals surface area contributed by atoms with Crippen molar-refractivity contribution in [2.24, 2.45) is 11.8 Å². The molecule has 6 heteroatoms. The molecule has 0 N–H and O–H groups in total. The number of hydrogen-bond donors (Lipinski definition) is 0. The molecule has 4 rings (SSSR count). The molecular weight excluding hydrogens is 284 g/mol. The highest BCUT2D eigenvalue weighted by Gasteiger charge is 2.45. The van der Waals surface area contributed by atoms with Gasteiger partial charge in [0.25, 0.3) is 5.91 Å². The highest BCUT2D eigenvalue weighted by atomic mass is 16.5. The van der Waals surface area contributed by atoms with Gasteiger partial charge in [0.2, 0.25) is 0 Å². The summed E-state index contributed by atoms with van der Waals surface area (Å²) in [6, 6.07) is 7.21. The van der Waals surface area contributed by atoms with Crippen molar-refractivity contribution in [1.29, 1.82) is 0 Å². The molecule has 1 amide bonds. The minimum absolute atomic E-state index is 0.0497. The van der Waals surface area contributed by atoms with E-state index >= 15 is 0 Å². The number of esters is 1. The van der Waals surface area contributed by atoms with Crippen molar-refractivity contribution in [3.05, 3.63) is 42.4 Å². The molecular formula is C16H14N2O4. The van der Waals surface area contributed by atoms with Crippen molar-refractivity contribution in [3.8, 4) is 11.3 Å². The van der Waals surface area contributed by atoms with E-state index in [0.717, 1.165) is 5.56 Å². The van der Waals surface area contributed by atoms with Crippen LogP contribution in [0.15, 0.2) is 41.3 Å². The molecule has 2 aromatic rings. The molecule has 2 fully saturated rings. The molecule has 3 heterocycles. The minimum Gasteiger partial charge on any atom is -0.465 e. The Balaban J connectivity index is 1.50. The highest BCUT2D eigenvalue weighted by Crippen LogP contribution is 2.31. The first-order valence-corrected chi connectivity index (χ1v) is 7.17. The molecule has 2 saturated heterocycles. The van der Waals surface area contributed by atoms with E-state index in [1.165, 1.54) is 6.39 Å². The molecule has 2 aliphatic heterocycles. The number of fused-ring (bicyclic) bond motifs is 1. The van der Waals surface area contributed by atoms with Crippen LogP contribution in [-0.4, -0.2) is 41.5 Å². The maximum absolute atomic E-state index is 12.5. The number of oxazole rings is 1. The summed E-state index contributed by atoms with van der Waals surface area (Å²) in [5.41, 5.74) is 1.48. The monoisotopic (exact) mass is 298 g/mol. The predicted molar refractivity (Wildman–Crippen MR) is 75.8 cm³/mol. The lowest BCUT2D eigenvalue weighted by Crippen LogP contribution is -2.30. The molecule has 0 bridgehead atoms. The fourth-order valence-corrected chi connectivity index (χ4v) is 3.09. The van der Waals surface area contributed by atoms with E-state index in [9.17, 15) is 9.59 Å². The van der Waals surface area contributed by atoms with Gasteiger partial charge in [-0.2, -0.15) is 0 Å². The summed E-state index contributed by atoms with van der Waals surface area (Å²) in [6.45, 7) is 1.46. The second-order valence-electron chi connectivity index (χ2n) is 5.65. The van der Waals surface area contributed by atoms with Crippen molar-refractivity contribution in [1.82, 2.24) is 9.88 Å². The van der Waals surface area contributed by atoms with Gasteiger partial charge in [-0.05, 0) is 12.1 Å². The topological polar surface area (TPSA) is 72.6 Å². The molecule has 0 radical (unpaired) electrons. The molecule has 112 valence electrons. The smallest absolute Gasteiger partial charge is 0.311 e. The van der Waals surface area contributed by atoms with E-state index in [0.29, 0.717) is 31.0 Å². The third-order valence-electron chi connectivity index (χ3n) is 4.32. The molecule has 0 spiro atoms. The third kappa shape index (κ3) is 2.07. The number of rotatable bonds is 2. The maximum atomic E-state index is 12.5. The highest BCUT2D eigenvalue weighted by molar-refractivity contribution is 5.95. The summed E-state index contributed by atoms with van der Waals surface area (Å²) in [7, 11) is 0. The number of carbonyl (C=O) groups excluding carboxylic acids is 2. The van der Waals surface area contributed by atoms with Gasteiger partial charge >= 0.3 is 5.97 Å². The van der Waals surface area contributed by atoms with Crippen LogP contribution in [-0.2, 0) is 9.53 Å². The Kier molecular flexibility index (Phi) is 2.96. The quantitative estimate of drug-likeness (QED) is 0.787. The Hall–Kier alpha value is -2.63. The van der Waals surface area contributed by atoms with Crippen LogP contribution in [0.4, 0.5) is 0 Å². The first-order chi connectivity index (χ1) is 10.7. The number of aromatic nitrogens is 1. The van der Waals surface area contributed by atoms with Crippen LogP contribution in [0.25, 0.3) is 11.3 Å². The summed E-state index contributed by atoms with van der Waals surface area (Å²) in [6.07, 6.45) is 3.00. The Morgan fingerprint density at radius 2 is 2.05 bits per heavy atom. The van der Waals surface area contributed by atoms with Gasteiger partial charge in [0, 0.05) is 30.1 Å². The third-order valence-corrected chi connectivity index (χ3v) is 4.32. The predicted octanol–water partition coefficient (Wildman–Crippen LogP) is 1.59. The zero-order chi connectivity index (χ0) is 15.1. The molecule has 6 nitrogen and oxygen atoms in total. The molecule has 2 atom stereocenters. The zero-order valence-corrected chi connectivity index (χ0v) is 11.8. The van der Waals surface area contributed by atoms with Crippen molar-refractivity contribution in [2.45, 2.75) is 0 Å². The van der Waals surface area contributed by atoms with E-state index in [1.807, 2.05) is 12.1 Å². The molecule has 22 heavy (non-hydrogen) atoms. The number of amides is 1. The SMILES string of the molecule is O=C1OC[C@H]2CN(C(=O)c3ccc(-c4cnco4)cc3)C[C@@H]12. The van der Waals surface area contributed by atoms with Crippen LogP contribution in [0.3, 0.4) is 0 Å². The largest absolute Gasteiger partial charge is 0.465 e. The van der Waals surface area contributed by atoms with Gasteiger partial charge < -0.3 is 14.1 Å². The number of nitrogens with zero attached hydrogens (tertiary/aromatic N) is 2. The van der Waals surface area contributed by atoms with Gasteiger partial charge in [-0.25, -0.2) is 4.98 Å². The Labute approximate surface area is 126 Å². The van der Waals surface area contributed by atoms with Crippen LogP contribution in [0, 0.1) is 11.8 Å².